The maximum absolute atomic E-state index is 12.2. The van der Waals surface area contributed by atoms with Crippen LogP contribution in [-0.4, -0.2) is 42.2 Å². The molecular weight excluding hydrogens is 322 g/mol. The van der Waals surface area contributed by atoms with Gasteiger partial charge in [-0.15, -0.1) is 0 Å². The lowest BCUT2D eigenvalue weighted by atomic mass is 9.93. The van der Waals surface area contributed by atoms with E-state index in [2.05, 4.69) is 15.6 Å². The van der Waals surface area contributed by atoms with Crippen LogP contribution in [0, 0.1) is 6.92 Å². The second kappa shape index (κ2) is 7.92. The molecule has 2 rings (SSSR count). The monoisotopic (exact) mass is 345 g/mol. The largest absolute Gasteiger partial charge is 0.481 e. The van der Waals surface area contributed by atoms with Gasteiger partial charge in [0.05, 0.1) is 18.4 Å². The summed E-state index contributed by atoms with van der Waals surface area (Å²) in [5, 5.41) is 6.00. The van der Waals surface area contributed by atoms with Gasteiger partial charge in [-0.3, -0.25) is 14.4 Å². The molecule has 1 amide bonds. The van der Waals surface area contributed by atoms with E-state index in [0.29, 0.717) is 34.9 Å². The first-order chi connectivity index (χ1) is 11.8. The fraction of sp³-hybridized carbons (Fsp3) is 0.444. The van der Waals surface area contributed by atoms with E-state index in [1.807, 2.05) is 6.92 Å². The number of hydrogen-bond acceptors (Lipinski definition) is 6. The number of Topliss-reactive ketones (excluding diaryl/α,β-unsaturated/α-hetero) is 1. The summed E-state index contributed by atoms with van der Waals surface area (Å²) in [6.45, 7) is 5.81. The highest BCUT2D eigenvalue weighted by atomic mass is 16.5. The highest BCUT2D eigenvalue weighted by Gasteiger charge is 2.30. The minimum absolute atomic E-state index is 0.0437. The van der Waals surface area contributed by atoms with Crippen molar-refractivity contribution in [2.24, 2.45) is 0 Å². The van der Waals surface area contributed by atoms with E-state index >= 15 is 0 Å². The number of carbonyl (C=O) groups excluding carboxylic acids is 3. The summed E-state index contributed by atoms with van der Waals surface area (Å²) < 4.78 is 5.18. The number of amides is 1. The number of ketones is 2. The van der Waals surface area contributed by atoms with Crippen molar-refractivity contribution in [1.29, 1.82) is 0 Å². The molecule has 0 radical (unpaired) electrons. The Morgan fingerprint density at radius 1 is 1.36 bits per heavy atom. The highest BCUT2D eigenvalue weighted by molar-refractivity contribution is 6.50. The Kier molecular flexibility index (Phi) is 5.90. The Balaban J connectivity index is 2.17. The molecule has 0 fully saturated rings. The number of ether oxygens (including phenoxy) is 1. The predicted octanol–water partition coefficient (Wildman–Crippen LogP) is 1.40. The zero-order chi connectivity index (χ0) is 18.6. The topological polar surface area (TPSA) is 97.4 Å². The lowest BCUT2D eigenvalue weighted by Gasteiger charge is -2.22. The molecule has 0 bridgehead atoms. The van der Waals surface area contributed by atoms with Gasteiger partial charge < -0.3 is 15.4 Å². The molecule has 0 spiro atoms. The number of aromatic nitrogens is 1. The van der Waals surface area contributed by atoms with Crippen molar-refractivity contribution in [2.75, 3.05) is 13.7 Å². The van der Waals surface area contributed by atoms with Crippen LogP contribution in [0.5, 0.6) is 5.88 Å². The summed E-state index contributed by atoms with van der Waals surface area (Å²) in [6.07, 6.45) is 2.88. The Morgan fingerprint density at radius 2 is 2.08 bits per heavy atom. The average molecular weight is 345 g/mol. The number of methoxy groups -OCH3 is 1. The number of rotatable bonds is 7. The first-order valence-electron chi connectivity index (χ1n) is 8.20. The molecule has 1 aromatic heterocycles. The van der Waals surface area contributed by atoms with Crippen molar-refractivity contribution in [2.45, 2.75) is 39.7 Å². The zero-order valence-electron chi connectivity index (χ0n) is 14.9. The van der Waals surface area contributed by atoms with Gasteiger partial charge >= 0.3 is 0 Å². The third kappa shape index (κ3) is 4.43. The van der Waals surface area contributed by atoms with Crippen LogP contribution in [0.3, 0.4) is 0 Å². The van der Waals surface area contributed by atoms with Crippen molar-refractivity contribution < 1.29 is 19.1 Å². The van der Waals surface area contributed by atoms with Gasteiger partial charge in [0, 0.05) is 31.7 Å². The molecule has 0 saturated heterocycles. The Hall–Kier alpha value is -2.70. The van der Waals surface area contributed by atoms with Gasteiger partial charge in [-0.05, 0) is 32.3 Å². The minimum Gasteiger partial charge on any atom is -0.481 e. The normalized spacial score (nSPS) is 14.5. The number of aryl methyl sites for hydroxylation is 1. The van der Waals surface area contributed by atoms with E-state index < -0.39 is 11.6 Å². The molecule has 1 aromatic rings. The molecule has 2 N–H and O–H groups in total. The van der Waals surface area contributed by atoms with Crippen LogP contribution in [0.4, 0.5) is 0 Å². The van der Waals surface area contributed by atoms with Crippen LogP contribution >= 0.6 is 0 Å². The summed E-state index contributed by atoms with van der Waals surface area (Å²) in [5.74, 6) is -0.771. The number of fused-ring (bicyclic) bond motifs is 1. The fourth-order valence-electron chi connectivity index (χ4n) is 2.74. The van der Waals surface area contributed by atoms with Crippen molar-refractivity contribution in [3.63, 3.8) is 0 Å². The molecule has 25 heavy (non-hydrogen) atoms. The standard InChI is InChI=1S/C18H23N3O4/c1-10-8-15(25-4)21-17-13(9-14(23)18(24)16(10)17)20-11(2)6-5-7-19-12(3)22/h8-9,11,20H,5-7H2,1-4H3,(H,19,22). The molecule has 1 heterocycles. The number of nitrogens with zero attached hydrogens (tertiary/aromatic N) is 1. The van der Waals surface area contributed by atoms with Crippen LogP contribution in [0.2, 0.25) is 0 Å². The summed E-state index contributed by atoms with van der Waals surface area (Å²) in [6, 6.07) is 1.69. The van der Waals surface area contributed by atoms with Gasteiger partial charge in [-0.2, -0.15) is 0 Å². The van der Waals surface area contributed by atoms with Crippen LogP contribution in [0.25, 0.3) is 5.70 Å². The smallest absolute Gasteiger partial charge is 0.235 e. The van der Waals surface area contributed by atoms with Crippen LogP contribution in [-0.2, 0) is 9.59 Å². The van der Waals surface area contributed by atoms with Gasteiger partial charge in [0.2, 0.25) is 23.4 Å². The average Bonchev–Trinajstić information content (AvgIpc) is 2.55. The summed E-state index contributed by atoms with van der Waals surface area (Å²) in [4.78, 5) is 39.4. The molecule has 0 aromatic carbocycles. The summed E-state index contributed by atoms with van der Waals surface area (Å²) in [5.41, 5.74) is 1.94. The fourth-order valence-corrected chi connectivity index (χ4v) is 2.74. The SMILES string of the molecule is COc1cc(C)c2c(n1)C(NC(C)CCCNC(C)=O)=CC(=O)C2=O. The van der Waals surface area contributed by atoms with E-state index in [1.54, 1.807) is 13.0 Å². The third-order valence-corrected chi connectivity index (χ3v) is 3.97. The van der Waals surface area contributed by atoms with Gasteiger partial charge in [-0.1, -0.05) is 0 Å². The van der Waals surface area contributed by atoms with E-state index in [-0.39, 0.29) is 11.9 Å². The van der Waals surface area contributed by atoms with Crippen molar-refractivity contribution in [1.82, 2.24) is 15.6 Å². The van der Waals surface area contributed by atoms with Gasteiger partial charge in [0.15, 0.2) is 0 Å². The maximum atomic E-state index is 12.2. The third-order valence-electron chi connectivity index (χ3n) is 3.97. The highest BCUT2D eigenvalue weighted by Crippen LogP contribution is 2.27. The first kappa shape index (κ1) is 18.6. The molecule has 134 valence electrons. The number of nitrogens with one attached hydrogen (secondary N) is 2. The van der Waals surface area contributed by atoms with Gasteiger partial charge in [0.1, 0.15) is 5.69 Å². The van der Waals surface area contributed by atoms with Crippen molar-refractivity contribution in [3.8, 4) is 5.88 Å². The number of hydrogen-bond donors (Lipinski definition) is 2. The Labute approximate surface area is 146 Å². The summed E-state index contributed by atoms with van der Waals surface area (Å²) >= 11 is 0. The summed E-state index contributed by atoms with van der Waals surface area (Å²) in [7, 11) is 1.51. The van der Waals surface area contributed by atoms with Crippen LogP contribution in [0.1, 0.15) is 48.3 Å². The molecule has 1 aliphatic carbocycles. The molecule has 1 atom stereocenters. The molecule has 0 saturated carbocycles. The van der Waals surface area contributed by atoms with E-state index in [4.69, 9.17) is 4.74 Å². The molecule has 7 heteroatoms. The first-order valence-corrected chi connectivity index (χ1v) is 8.20. The number of pyridine rings is 1. The molecule has 1 unspecified atom stereocenters. The van der Waals surface area contributed by atoms with Gasteiger partial charge in [-0.25, -0.2) is 4.98 Å². The molecular formula is C18H23N3O4. The van der Waals surface area contributed by atoms with Crippen LogP contribution < -0.4 is 15.4 Å². The predicted molar refractivity (Wildman–Crippen MR) is 93.4 cm³/mol. The van der Waals surface area contributed by atoms with Gasteiger partial charge in [0.25, 0.3) is 0 Å². The molecule has 1 aliphatic rings. The lowest BCUT2D eigenvalue weighted by Crippen LogP contribution is -2.32. The second-order valence-corrected chi connectivity index (χ2v) is 6.13. The van der Waals surface area contributed by atoms with E-state index in [0.717, 1.165) is 12.8 Å². The number of allylic oxidation sites excluding steroid dienone is 1. The second-order valence-electron chi connectivity index (χ2n) is 6.13. The van der Waals surface area contributed by atoms with Crippen LogP contribution in [0.15, 0.2) is 12.1 Å². The lowest BCUT2D eigenvalue weighted by molar-refractivity contribution is -0.119. The Morgan fingerprint density at radius 3 is 2.72 bits per heavy atom. The maximum Gasteiger partial charge on any atom is 0.235 e. The quantitative estimate of drug-likeness (QED) is 0.573. The van der Waals surface area contributed by atoms with E-state index in [1.165, 1.54) is 20.1 Å². The van der Waals surface area contributed by atoms with Crippen molar-refractivity contribution >= 4 is 23.2 Å². The Bertz CT molecular complexity index is 740. The van der Waals surface area contributed by atoms with Crippen molar-refractivity contribution in [3.05, 3.63) is 29.0 Å². The minimum atomic E-state index is -0.560. The van der Waals surface area contributed by atoms with E-state index in [9.17, 15) is 14.4 Å². The zero-order valence-corrected chi connectivity index (χ0v) is 14.9. The molecule has 0 aliphatic heterocycles. The number of carbonyl (C=O) groups is 3. The molecule has 7 nitrogen and oxygen atoms in total.